The molecule has 3 rings (SSSR count). The standard InChI is InChI=1S/C16H26O3/c1-14(2)6-5-7-15(3)10(14)8-12(17)16(4)11(15)9-13(18)19-16/h10-12,17H,5-9H2,1-4H3/t10-,11+,12-,15-,16-/m0/s1. The lowest BCUT2D eigenvalue weighted by Gasteiger charge is -2.60. The van der Waals surface area contributed by atoms with Gasteiger partial charge in [-0.1, -0.05) is 27.2 Å². The summed E-state index contributed by atoms with van der Waals surface area (Å²) in [6.07, 6.45) is 4.33. The van der Waals surface area contributed by atoms with Gasteiger partial charge in [-0.2, -0.15) is 0 Å². The summed E-state index contributed by atoms with van der Waals surface area (Å²) >= 11 is 0. The van der Waals surface area contributed by atoms with Gasteiger partial charge in [0.05, 0.1) is 12.5 Å². The molecule has 3 fully saturated rings. The summed E-state index contributed by atoms with van der Waals surface area (Å²) in [7, 11) is 0. The zero-order valence-electron chi connectivity index (χ0n) is 12.5. The van der Waals surface area contributed by atoms with Gasteiger partial charge in [0.15, 0.2) is 0 Å². The van der Waals surface area contributed by atoms with Gasteiger partial charge in [-0.15, -0.1) is 0 Å². The van der Waals surface area contributed by atoms with Crippen molar-refractivity contribution in [1.82, 2.24) is 0 Å². The maximum absolute atomic E-state index is 11.8. The highest BCUT2D eigenvalue weighted by Gasteiger charge is 2.66. The van der Waals surface area contributed by atoms with Gasteiger partial charge in [-0.25, -0.2) is 0 Å². The minimum Gasteiger partial charge on any atom is -0.456 e. The molecule has 0 unspecified atom stereocenters. The van der Waals surface area contributed by atoms with Crippen LogP contribution in [0.2, 0.25) is 0 Å². The van der Waals surface area contributed by atoms with Gasteiger partial charge in [-0.05, 0) is 42.9 Å². The van der Waals surface area contributed by atoms with Crippen molar-refractivity contribution < 1.29 is 14.6 Å². The van der Waals surface area contributed by atoms with E-state index >= 15 is 0 Å². The van der Waals surface area contributed by atoms with Crippen molar-refractivity contribution in [3.8, 4) is 0 Å². The van der Waals surface area contributed by atoms with E-state index in [1.54, 1.807) is 0 Å². The first kappa shape index (κ1) is 13.4. The second kappa shape index (κ2) is 3.75. The molecule has 1 saturated heterocycles. The normalized spacial score (nSPS) is 52.3. The predicted molar refractivity (Wildman–Crippen MR) is 72.5 cm³/mol. The first-order chi connectivity index (χ1) is 8.70. The van der Waals surface area contributed by atoms with E-state index < -0.39 is 11.7 Å². The molecule has 2 saturated carbocycles. The fraction of sp³-hybridized carbons (Fsp3) is 0.938. The van der Waals surface area contributed by atoms with Crippen LogP contribution in [0.1, 0.15) is 59.8 Å². The molecule has 3 aliphatic rings. The zero-order valence-corrected chi connectivity index (χ0v) is 12.5. The number of ether oxygens (including phenoxy) is 1. The van der Waals surface area contributed by atoms with Gasteiger partial charge < -0.3 is 9.84 Å². The third kappa shape index (κ3) is 1.63. The van der Waals surface area contributed by atoms with Crippen LogP contribution in [0.5, 0.6) is 0 Å². The molecule has 0 radical (unpaired) electrons. The molecule has 2 aliphatic carbocycles. The van der Waals surface area contributed by atoms with Gasteiger partial charge in [-0.3, -0.25) is 4.79 Å². The van der Waals surface area contributed by atoms with Gasteiger partial charge in [0, 0.05) is 5.92 Å². The summed E-state index contributed by atoms with van der Waals surface area (Å²) < 4.78 is 5.56. The molecule has 0 aromatic carbocycles. The van der Waals surface area contributed by atoms with E-state index in [2.05, 4.69) is 20.8 Å². The molecule has 1 heterocycles. The summed E-state index contributed by atoms with van der Waals surface area (Å²) in [5, 5.41) is 10.6. The molecule has 0 bridgehead atoms. The monoisotopic (exact) mass is 266 g/mol. The quantitative estimate of drug-likeness (QED) is 0.686. The van der Waals surface area contributed by atoms with Crippen molar-refractivity contribution in [3.63, 3.8) is 0 Å². The van der Waals surface area contributed by atoms with E-state index in [0.717, 1.165) is 12.8 Å². The number of carbonyl (C=O) groups excluding carboxylic acids is 1. The summed E-state index contributed by atoms with van der Waals surface area (Å²) in [5.41, 5.74) is -0.279. The highest BCUT2D eigenvalue weighted by Crippen LogP contribution is 2.64. The predicted octanol–water partition coefficient (Wildman–Crippen LogP) is 2.91. The Kier molecular flexibility index (Phi) is 2.65. The van der Waals surface area contributed by atoms with E-state index in [1.165, 1.54) is 12.8 Å². The molecule has 0 spiro atoms. The van der Waals surface area contributed by atoms with Crippen LogP contribution in [0.3, 0.4) is 0 Å². The van der Waals surface area contributed by atoms with E-state index in [0.29, 0.717) is 12.3 Å². The first-order valence-corrected chi connectivity index (χ1v) is 7.60. The van der Waals surface area contributed by atoms with Crippen molar-refractivity contribution in [2.45, 2.75) is 71.5 Å². The molecule has 1 N–H and O–H groups in total. The van der Waals surface area contributed by atoms with Crippen molar-refractivity contribution in [3.05, 3.63) is 0 Å². The van der Waals surface area contributed by atoms with Gasteiger partial charge in [0.2, 0.25) is 0 Å². The van der Waals surface area contributed by atoms with Gasteiger partial charge >= 0.3 is 5.97 Å². The van der Waals surface area contributed by atoms with E-state index in [1.807, 2.05) is 6.92 Å². The minimum atomic E-state index is -0.657. The lowest BCUT2D eigenvalue weighted by molar-refractivity contribution is -0.204. The van der Waals surface area contributed by atoms with Crippen LogP contribution in [-0.2, 0) is 9.53 Å². The third-order valence-corrected chi connectivity index (χ3v) is 6.59. The smallest absolute Gasteiger partial charge is 0.306 e. The summed E-state index contributed by atoms with van der Waals surface area (Å²) in [5.74, 6) is 0.522. The van der Waals surface area contributed by atoms with Crippen molar-refractivity contribution in [1.29, 1.82) is 0 Å². The lowest BCUT2D eigenvalue weighted by atomic mass is 9.45. The maximum atomic E-state index is 11.8. The number of esters is 1. The lowest BCUT2D eigenvalue weighted by Crippen LogP contribution is -2.61. The van der Waals surface area contributed by atoms with Crippen LogP contribution < -0.4 is 0 Å². The second-order valence-corrected chi connectivity index (χ2v) is 8.07. The fourth-order valence-electron chi connectivity index (χ4n) is 5.54. The number of carbonyl (C=O) groups is 1. The molecule has 0 aromatic heterocycles. The number of fused-ring (bicyclic) bond motifs is 3. The Hall–Kier alpha value is -0.570. The number of aliphatic hydroxyl groups excluding tert-OH is 1. The van der Waals surface area contributed by atoms with Crippen LogP contribution in [0.4, 0.5) is 0 Å². The summed E-state index contributed by atoms with van der Waals surface area (Å²) in [6, 6.07) is 0. The molecule has 0 aromatic rings. The number of hydrogen-bond acceptors (Lipinski definition) is 3. The molecule has 19 heavy (non-hydrogen) atoms. The summed E-state index contributed by atoms with van der Waals surface area (Å²) in [6.45, 7) is 8.91. The Morgan fingerprint density at radius 1 is 1.16 bits per heavy atom. The Morgan fingerprint density at radius 2 is 1.84 bits per heavy atom. The highest BCUT2D eigenvalue weighted by molar-refractivity contribution is 5.73. The maximum Gasteiger partial charge on any atom is 0.306 e. The molecule has 0 amide bonds. The number of aliphatic hydroxyl groups is 1. The Morgan fingerprint density at radius 3 is 2.53 bits per heavy atom. The van der Waals surface area contributed by atoms with Crippen molar-refractivity contribution >= 4 is 5.97 Å². The van der Waals surface area contributed by atoms with Crippen molar-refractivity contribution in [2.75, 3.05) is 0 Å². The van der Waals surface area contributed by atoms with Crippen LogP contribution >= 0.6 is 0 Å². The Balaban J connectivity index is 2.05. The highest BCUT2D eigenvalue weighted by atomic mass is 16.6. The van der Waals surface area contributed by atoms with Crippen molar-refractivity contribution in [2.24, 2.45) is 22.7 Å². The van der Waals surface area contributed by atoms with E-state index in [9.17, 15) is 9.90 Å². The average Bonchev–Trinajstić information content (AvgIpc) is 2.60. The van der Waals surface area contributed by atoms with E-state index in [4.69, 9.17) is 4.74 Å². The van der Waals surface area contributed by atoms with Crippen LogP contribution in [-0.4, -0.2) is 22.8 Å². The minimum absolute atomic E-state index is 0.127. The van der Waals surface area contributed by atoms with Gasteiger partial charge in [0.25, 0.3) is 0 Å². The van der Waals surface area contributed by atoms with Gasteiger partial charge in [0.1, 0.15) is 5.60 Å². The largest absolute Gasteiger partial charge is 0.456 e. The number of hydrogen-bond donors (Lipinski definition) is 1. The van der Waals surface area contributed by atoms with Crippen LogP contribution in [0.25, 0.3) is 0 Å². The molecular weight excluding hydrogens is 240 g/mol. The molecule has 3 nitrogen and oxygen atoms in total. The first-order valence-electron chi connectivity index (χ1n) is 7.60. The molecular formula is C16H26O3. The van der Waals surface area contributed by atoms with Crippen LogP contribution in [0, 0.1) is 22.7 Å². The summed E-state index contributed by atoms with van der Waals surface area (Å²) in [4.78, 5) is 11.8. The van der Waals surface area contributed by atoms with E-state index in [-0.39, 0.29) is 22.7 Å². The molecule has 5 atom stereocenters. The van der Waals surface area contributed by atoms with Crippen LogP contribution in [0.15, 0.2) is 0 Å². The third-order valence-electron chi connectivity index (χ3n) is 6.59. The Bertz CT molecular complexity index is 416. The zero-order chi connectivity index (χ0) is 14.1. The average molecular weight is 266 g/mol. The second-order valence-electron chi connectivity index (χ2n) is 8.07. The Labute approximate surface area is 115 Å². The SMILES string of the molecule is CC1(C)CCC[C@]2(C)[C@H]3CC(=O)O[C@]3(C)[C@@H](O)C[C@@H]12. The fourth-order valence-corrected chi connectivity index (χ4v) is 5.54. The molecule has 108 valence electrons. The number of rotatable bonds is 0. The molecule has 3 heteroatoms. The molecule has 1 aliphatic heterocycles. The topological polar surface area (TPSA) is 46.5 Å².